The summed E-state index contributed by atoms with van der Waals surface area (Å²) in [5, 5.41) is 0. The maximum Gasteiger partial charge on any atom is 0.306 e. The zero-order chi connectivity index (χ0) is 55.6. The predicted molar refractivity (Wildman–Crippen MR) is 324 cm³/mol. The summed E-state index contributed by atoms with van der Waals surface area (Å²) >= 11 is 0. The summed E-state index contributed by atoms with van der Waals surface area (Å²) in [6.45, 7) is 4.30. The van der Waals surface area contributed by atoms with Gasteiger partial charge in [-0.1, -0.05) is 301 Å². The van der Waals surface area contributed by atoms with Crippen LogP contribution < -0.4 is 4.89 Å². The number of likely N-dealkylation sites (N-methyl/N-ethyl adjacent to an activating group) is 1. The Hall–Kier alpha value is -1.51. The smallest absolute Gasteiger partial charge is 0.306 e. The molecule has 76 heavy (non-hydrogen) atoms. The van der Waals surface area contributed by atoms with Gasteiger partial charge in [0.25, 0.3) is 7.82 Å². The first-order valence-electron chi connectivity index (χ1n) is 33.0. The minimum absolute atomic E-state index is 0.0274. The summed E-state index contributed by atoms with van der Waals surface area (Å²) in [4.78, 5) is 38.0. The van der Waals surface area contributed by atoms with Crippen molar-refractivity contribution in [3.63, 3.8) is 0 Å². The van der Waals surface area contributed by atoms with E-state index in [9.17, 15) is 19.0 Å². The highest BCUT2D eigenvalue weighted by atomic mass is 31.2. The van der Waals surface area contributed by atoms with E-state index >= 15 is 0 Å². The first-order valence-corrected chi connectivity index (χ1v) is 34.5. The first-order chi connectivity index (χ1) is 37.0. The first kappa shape index (κ1) is 74.5. The molecule has 450 valence electrons. The van der Waals surface area contributed by atoms with Gasteiger partial charge in [-0.05, 0) is 44.9 Å². The summed E-state index contributed by atoms with van der Waals surface area (Å²) in [5.74, 6) is -0.812. The molecule has 10 heteroatoms. The molecule has 0 aliphatic carbocycles. The van der Waals surface area contributed by atoms with E-state index in [0.29, 0.717) is 17.4 Å². The summed E-state index contributed by atoms with van der Waals surface area (Å²) in [6, 6.07) is 0. The van der Waals surface area contributed by atoms with Gasteiger partial charge < -0.3 is 27.9 Å². The molecular formula is C66H128NO8P. The number of phosphoric acid groups is 1. The fourth-order valence-electron chi connectivity index (χ4n) is 9.87. The third kappa shape index (κ3) is 61.7. The van der Waals surface area contributed by atoms with Crippen molar-refractivity contribution in [1.82, 2.24) is 0 Å². The Bertz CT molecular complexity index is 1330. The monoisotopic (exact) mass is 1090 g/mol. The molecule has 0 aromatic rings. The van der Waals surface area contributed by atoms with Gasteiger partial charge in [0.15, 0.2) is 6.10 Å². The number of ether oxygens (including phenoxy) is 2. The second kappa shape index (κ2) is 58.2. The van der Waals surface area contributed by atoms with E-state index in [1.54, 1.807) is 0 Å². The van der Waals surface area contributed by atoms with Crippen molar-refractivity contribution in [2.24, 2.45) is 0 Å². The van der Waals surface area contributed by atoms with Gasteiger partial charge >= 0.3 is 11.9 Å². The molecule has 0 N–H and O–H groups in total. The lowest BCUT2D eigenvalue weighted by atomic mass is 10.0. The highest BCUT2D eigenvalue weighted by Crippen LogP contribution is 2.38. The van der Waals surface area contributed by atoms with Crippen LogP contribution in [0, 0.1) is 0 Å². The van der Waals surface area contributed by atoms with Crippen molar-refractivity contribution in [2.45, 2.75) is 341 Å². The lowest BCUT2D eigenvalue weighted by molar-refractivity contribution is -0.870. The number of phosphoric ester groups is 1. The average molecular weight is 1090 g/mol. The van der Waals surface area contributed by atoms with E-state index in [0.717, 1.165) is 38.5 Å². The fourth-order valence-corrected chi connectivity index (χ4v) is 10.6. The number of hydrogen-bond donors (Lipinski definition) is 0. The van der Waals surface area contributed by atoms with Crippen molar-refractivity contribution >= 4 is 19.8 Å². The second-order valence-corrected chi connectivity index (χ2v) is 25.3. The second-order valence-electron chi connectivity index (χ2n) is 23.8. The molecular weight excluding hydrogens is 966 g/mol. The highest BCUT2D eigenvalue weighted by Gasteiger charge is 2.22. The Labute approximate surface area is 472 Å². The van der Waals surface area contributed by atoms with Crippen LogP contribution >= 0.6 is 7.82 Å². The number of allylic oxidation sites excluding steroid dienone is 4. The molecule has 0 bridgehead atoms. The standard InChI is InChI=1S/C66H128NO8P/c1-6-8-10-12-14-16-18-20-22-24-26-28-30-32-33-35-37-39-41-43-45-47-49-51-53-55-57-59-66(69)75-64(63-74-76(70,71)73-61-60-67(3,4)5)62-72-65(68)58-56-54-52-50-48-46-44-42-40-38-36-34-31-29-27-25-23-21-19-17-15-13-11-9-7-2/h18,20,24,26,64H,6-17,19,21-23,25,27-63H2,1-5H3/b20-18-,26-24-. The summed E-state index contributed by atoms with van der Waals surface area (Å²) in [6.07, 6.45) is 71.0. The van der Waals surface area contributed by atoms with E-state index in [1.165, 1.54) is 263 Å². The molecule has 0 rings (SSSR count). The molecule has 2 unspecified atom stereocenters. The van der Waals surface area contributed by atoms with Crippen LogP contribution in [0.2, 0.25) is 0 Å². The molecule has 0 spiro atoms. The maximum absolute atomic E-state index is 12.8. The molecule has 0 amide bonds. The van der Waals surface area contributed by atoms with Crippen LogP contribution in [0.3, 0.4) is 0 Å². The molecule has 2 atom stereocenters. The largest absolute Gasteiger partial charge is 0.756 e. The molecule has 0 aliphatic rings. The lowest BCUT2D eigenvalue weighted by Gasteiger charge is -2.28. The van der Waals surface area contributed by atoms with Crippen LogP contribution in [0.4, 0.5) is 0 Å². The van der Waals surface area contributed by atoms with Gasteiger partial charge in [-0.3, -0.25) is 14.2 Å². The van der Waals surface area contributed by atoms with Crippen LogP contribution in [0.15, 0.2) is 24.3 Å². The minimum Gasteiger partial charge on any atom is -0.756 e. The Morgan fingerprint density at radius 1 is 0.408 bits per heavy atom. The molecule has 0 aromatic carbocycles. The number of carbonyl (C=O) groups excluding carboxylic acids is 2. The quantitative estimate of drug-likeness (QED) is 0.0195. The van der Waals surface area contributed by atoms with Crippen molar-refractivity contribution < 1.29 is 42.1 Å². The molecule has 9 nitrogen and oxygen atoms in total. The number of hydrogen-bond acceptors (Lipinski definition) is 8. The van der Waals surface area contributed by atoms with E-state index < -0.39 is 26.5 Å². The molecule has 0 fully saturated rings. The summed E-state index contributed by atoms with van der Waals surface area (Å²) in [5.41, 5.74) is 0. The third-order valence-electron chi connectivity index (χ3n) is 15.0. The van der Waals surface area contributed by atoms with Gasteiger partial charge in [0.05, 0.1) is 27.7 Å². The fraction of sp³-hybridized carbons (Fsp3) is 0.909. The van der Waals surface area contributed by atoms with Crippen molar-refractivity contribution in [3.8, 4) is 0 Å². The number of unbranched alkanes of at least 4 members (excludes halogenated alkanes) is 44. The predicted octanol–water partition coefficient (Wildman–Crippen LogP) is 20.3. The van der Waals surface area contributed by atoms with Crippen LogP contribution in [0.5, 0.6) is 0 Å². The molecule has 0 aliphatic heterocycles. The molecule has 0 saturated carbocycles. The van der Waals surface area contributed by atoms with Gasteiger partial charge in [-0.2, -0.15) is 0 Å². The number of quaternary nitrogens is 1. The average Bonchev–Trinajstić information content (AvgIpc) is 3.38. The normalized spacial score (nSPS) is 13.3. The summed E-state index contributed by atoms with van der Waals surface area (Å²) < 4.78 is 34.3. The Balaban J connectivity index is 4.04. The SMILES string of the molecule is CCCCCCC/C=C\C/C=C\CCCCCCCCCCCCCCCCCC(=O)OC(COC(=O)CCCCCCCCCCCCCCCCCCCCCCCCCCC)COP(=O)([O-])OCC[N+](C)(C)C. The third-order valence-corrected chi connectivity index (χ3v) is 15.9. The van der Waals surface area contributed by atoms with Gasteiger partial charge in [-0.25, -0.2) is 0 Å². The molecule has 0 radical (unpaired) electrons. The zero-order valence-electron chi connectivity index (χ0n) is 51.2. The molecule has 0 aromatic heterocycles. The topological polar surface area (TPSA) is 111 Å². The van der Waals surface area contributed by atoms with E-state index in [1.807, 2.05) is 21.1 Å². The Kier molecular flexibility index (Phi) is 57.0. The number of esters is 2. The minimum atomic E-state index is -4.64. The van der Waals surface area contributed by atoms with Gasteiger partial charge in [0.1, 0.15) is 19.8 Å². The zero-order valence-corrected chi connectivity index (χ0v) is 52.1. The van der Waals surface area contributed by atoms with Crippen LogP contribution in [0.1, 0.15) is 335 Å². The van der Waals surface area contributed by atoms with Gasteiger partial charge in [0.2, 0.25) is 0 Å². The maximum atomic E-state index is 12.8. The van der Waals surface area contributed by atoms with Gasteiger partial charge in [-0.15, -0.1) is 0 Å². The highest BCUT2D eigenvalue weighted by molar-refractivity contribution is 7.45. The van der Waals surface area contributed by atoms with E-state index in [-0.39, 0.29) is 32.0 Å². The Morgan fingerprint density at radius 2 is 0.711 bits per heavy atom. The number of carbonyl (C=O) groups is 2. The van der Waals surface area contributed by atoms with Crippen LogP contribution in [0.25, 0.3) is 0 Å². The van der Waals surface area contributed by atoms with Crippen molar-refractivity contribution in [3.05, 3.63) is 24.3 Å². The van der Waals surface area contributed by atoms with E-state index in [2.05, 4.69) is 38.2 Å². The number of nitrogens with zero attached hydrogens (tertiary/aromatic N) is 1. The Morgan fingerprint density at radius 3 is 1.04 bits per heavy atom. The van der Waals surface area contributed by atoms with Crippen molar-refractivity contribution in [1.29, 1.82) is 0 Å². The number of rotatable bonds is 62. The van der Waals surface area contributed by atoms with Crippen molar-refractivity contribution in [2.75, 3.05) is 47.5 Å². The molecule has 0 saturated heterocycles. The van der Waals surface area contributed by atoms with E-state index in [4.69, 9.17) is 18.5 Å². The summed E-state index contributed by atoms with van der Waals surface area (Å²) in [7, 11) is 1.19. The molecule has 0 heterocycles. The van der Waals surface area contributed by atoms with Crippen LogP contribution in [-0.2, 0) is 32.7 Å². The van der Waals surface area contributed by atoms with Crippen LogP contribution in [-0.4, -0.2) is 70.0 Å². The lowest BCUT2D eigenvalue weighted by Crippen LogP contribution is -2.37. The van der Waals surface area contributed by atoms with Gasteiger partial charge in [0, 0.05) is 12.8 Å².